The number of aliphatic hydroxyl groups excluding tert-OH is 1. The molecule has 4 aliphatic rings. The fraction of sp³-hybridized carbons (Fsp3) is 0.538. The van der Waals surface area contributed by atoms with Gasteiger partial charge in [-0.15, -0.1) is 0 Å². The molecule has 1 amide bonds. The molecule has 0 unspecified atom stereocenters. The van der Waals surface area contributed by atoms with Crippen LogP contribution in [-0.2, 0) is 0 Å². The highest BCUT2D eigenvalue weighted by molar-refractivity contribution is 7.97. The molecule has 6 rings (SSSR count). The minimum Gasteiger partial charge on any atom is -0.394 e. The summed E-state index contributed by atoms with van der Waals surface area (Å²) in [6.07, 6.45) is 9.38. The number of piperidine rings is 1. The van der Waals surface area contributed by atoms with E-state index in [1.807, 2.05) is 30.3 Å². The molecule has 3 aliphatic carbocycles. The third-order valence-corrected chi connectivity index (χ3v) is 8.70. The number of nitrogens with one attached hydrogen (secondary N) is 3. The zero-order valence-electron chi connectivity index (χ0n) is 19.5. The van der Waals surface area contributed by atoms with Gasteiger partial charge in [-0.1, -0.05) is 6.07 Å². The van der Waals surface area contributed by atoms with Gasteiger partial charge in [0.05, 0.1) is 17.7 Å². The molecule has 0 radical (unpaired) electrons. The van der Waals surface area contributed by atoms with Crippen molar-refractivity contribution in [2.24, 2.45) is 5.41 Å². The minimum atomic E-state index is -0.249. The van der Waals surface area contributed by atoms with Crippen LogP contribution in [0.4, 0.5) is 17.3 Å². The number of aromatic nitrogens is 1. The van der Waals surface area contributed by atoms with E-state index in [9.17, 15) is 9.90 Å². The van der Waals surface area contributed by atoms with Gasteiger partial charge in [-0.25, -0.2) is 4.98 Å². The van der Waals surface area contributed by atoms with Gasteiger partial charge in [0.1, 0.15) is 11.6 Å². The summed E-state index contributed by atoms with van der Waals surface area (Å²) in [6, 6.07) is 12.3. The average Bonchev–Trinajstić information content (AvgIpc) is 3.72. The van der Waals surface area contributed by atoms with Gasteiger partial charge in [-0.05, 0) is 99.1 Å². The van der Waals surface area contributed by atoms with Crippen molar-refractivity contribution in [1.82, 2.24) is 9.71 Å². The van der Waals surface area contributed by atoms with Gasteiger partial charge in [0.15, 0.2) is 0 Å². The monoisotopic (exact) mass is 479 g/mol. The minimum absolute atomic E-state index is 0.0996. The van der Waals surface area contributed by atoms with E-state index in [2.05, 4.69) is 26.3 Å². The Balaban J connectivity index is 1.21. The van der Waals surface area contributed by atoms with E-state index in [1.165, 1.54) is 38.5 Å². The van der Waals surface area contributed by atoms with E-state index in [4.69, 9.17) is 4.98 Å². The third kappa shape index (κ3) is 4.90. The van der Waals surface area contributed by atoms with Crippen molar-refractivity contribution in [2.75, 3.05) is 35.2 Å². The third-order valence-electron chi connectivity index (χ3n) is 7.76. The summed E-state index contributed by atoms with van der Waals surface area (Å²) in [4.78, 5) is 21.7. The number of amides is 1. The summed E-state index contributed by atoms with van der Waals surface area (Å²) in [5.74, 6) is 1.34. The molecule has 1 saturated heterocycles. The Morgan fingerprint density at radius 2 is 1.88 bits per heavy atom. The lowest BCUT2D eigenvalue weighted by atomic mass is 9.93. The number of nitrogens with zero attached hydrogens (tertiary/aromatic N) is 2. The summed E-state index contributed by atoms with van der Waals surface area (Å²) < 4.78 is 3.45. The first-order chi connectivity index (χ1) is 16.6. The van der Waals surface area contributed by atoms with Gasteiger partial charge in [0.25, 0.3) is 5.91 Å². The Hall–Kier alpha value is -2.29. The largest absolute Gasteiger partial charge is 0.394 e. The van der Waals surface area contributed by atoms with Crippen molar-refractivity contribution in [1.29, 1.82) is 0 Å². The fourth-order valence-electron chi connectivity index (χ4n) is 4.74. The highest BCUT2D eigenvalue weighted by atomic mass is 32.2. The van der Waals surface area contributed by atoms with E-state index < -0.39 is 0 Å². The van der Waals surface area contributed by atoms with Crippen LogP contribution in [-0.4, -0.2) is 47.3 Å². The van der Waals surface area contributed by atoms with Crippen LogP contribution >= 0.6 is 11.9 Å². The van der Waals surface area contributed by atoms with Crippen LogP contribution in [0, 0.1) is 5.41 Å². The number of aliphatic hydroxyl groups is 1. The molecule has 34 heavy (non-hydrogen) atoms. The maximum absolute atomic E-state index is 13.4. The Bertz CT molecular complexity index is 1070. The fourth-order valence-corrected chi connectivity index (χ4v) is 5.61. The van der Waals surface area contributed by atoms with Crippen molar-refractivity contribution >= 4 is 35.2 Å². The van der Waals surface area contributed by atoms with Crippen LogP contribution < -0.4 is 20.3 Å². The summed E-state index contributed by atoms with van der Waals surface area (Å²) in [7, 11) is 0. The maximum Gasteiger partial charge on any atom is 0.259 e. The SMILES string of the molecule is O=C(Nc1cccc(SNC2CC2)c1)c1ccc(NC2(CO)CC2)nc1N1CCC2(CC1)CC2. The second kappa shape index (κ2) is 8.73. The standard InChI is InChI=1S/C26H33N5O2S/c32-17-26(10-11-26)29-22-7-6-21(23(28-22)31-14-12-25(8-9-25)13-15-31)24(33)27-19-2-1-3-20(16-19)34-30-18-4-5-18/h1-3,6-7,16,18,30,32H,4-5,8-15,17H2,(H,27,33)(H,28,29). The first-order valence-corrected chi connectivity index (χ1v) is 13.4. The smallest absolute Gasteiger partial charge is 0.259 e. The molecule has 1 spiro atoms. The number of hydrogen-bond donors (Lipinski definition) is 4. The Morgan fingerprint density at radius 3 is 2.56 bits per heavy atom. The summed E-state index contributed by atoms with van der Waals surface area (Å²) in [5.41, 5.74) is 1.69. The molecule has 180 valence electrons. The number of pyridine rings is 1. The van der Waals surface area contributed by atoms with Crippen molar-refractivity contribution in [3.8, 4) is 0 Å². The van der Waals surface area contributed by atoms with Crippen LogP contribution in [0.15, 0.2) is 41.3 Å². The van der Waals surface area contributed by atoms with E-state index in [0.717, 1.165) is 48.1 Å². The van der Waals surface area contributed by atoms with E-state index in [-0.39, 0.29) is 18.1 Å². The summed E-state index contributed by atoms with van der Waals surface area (Å²) in [5, 5.41) is 16.2. The second-order valence-corrected chi connectivity index (χ2v) is 11.5. The van der Waals surface area contributed by atoms with E-state index >= 15 is 0 Å². The Morgan fingerprint density at radius 1 is 1.09 bits per heavy atom. The van der Waals surface area contributed by atoms with Gasteiger partial charge in [-0.3, -0.25) is 9.52 Å². The number of hydrogen-bond acceptors (Lipinski definition) is 7. The van der Waals surface area contributed by atoms with Crippen molar-refractivity contribution in [2.45, 2.75) is 67.8 Å². The van der Waals surface area contributed by atoms with Crippen LogP contribution in [0.2, 0.25) is 0 Å². The zero-order chi connectivity index (χ0) is 23.2. The van der Waals surface area contributed by atoms with Gasteiger partial charge in [0.2, 0.25) is 0 Å². The van der Waals surface area contributed by atoms with Gasteiger partial charge in [-0.2, -0.15) is 0 Å². The topological polar surface area (TPSA) is 89.5 Å². The number of carbonyl (C=O) groups is 1. The number of anilines is 3. The lowest BCUT2D eigenvalue weighted by Crippen LogP contribution is -2.36. The maximum atomic E-state index is 13.4. The highest BCUT2D eigenvalue weighted by Gasteiger charge is 2.45. The first kappa shape index (κ1) is 22.2. The molecule has 4 fully saturated rings. The average molecular weight is 480 g/mol. The van der Waals surface area contributed by atoms with Crippen LogP contribution in [0.1, 0.15) is 61.7 Å². The molecule has 8 heteroatoms. The molecule has 1 aromatic heterocycles. The normalized spacial score (nSPS) is 21.9. The van der Waals surface area contributed by atoms with Crippen molar-refractivity contribution in [3.05, 3.63) is 42.0 Å². The highest BCUT2D eigenvalue weighted by Crippen LogP contribution is 2.54. The molecule has 2 heterocycles. The first-order valence-electron chi connectivity index (χ1n) is 12.5. The van der Waals surface area contributed by atoms with Crippen LogP contribution in [0.5, 0.6) is 0 Å². The lowest BCUT2D eigenvalue weighted by Gasteiger charge is -2.34. The summed E-state index contributed by atoms with van der Waals surface area (Å²) >= 11 is 1.62. The molecule has 0 atom stereocenters. The van der Waals surface area contributed by atoms with Gasteiger partial charge in [0, 0.05) is 29.7 Å². The van der Waals surface area contributed by atoms with Crippen LogP contribution in [0.25, 0.3) is 0 Å². The molecule has 1 aliphatic heterocycles. The predicted molar refractivity (Wildman–Crippen MR) is 136 cm³/mol. The number of carbonyl (C=O) groups excluding carboxylic acids is 1. The molecule has 2 aromatic rings. The van der Waals surface area contributed by atoms with Gasteiger partial charge < -0.3 is 20.6 Å². The molecule has 4 N–H and O–H groups in total. The quantitative estimate of drug-likeness (QED) is 0.396. The lowest BCUT2D eigenvalue weighted by molar-refractivity contribution is 0.102. The van der Waals surface area contributed by atoms with Crippen molar-refractivity contribution < 1.29 is 9.90 Å². The Labute approximate surface area is 205 Å². The van der Waals surface area contributed by atoms with E-state index in [0.29, 0.717) is 17.0 Å². The molecule has 0 bridgehead atoms. The molecular formula is C26H33N5O2S. The molecule has 3 saturated carbocycles. The number of benzene rings is 1. The van der Waals surface area contributed by atoms with Gasteiger partial charge >= 0.3 is 0 Å². The Kier molecular flexibility index (Phi) is 5.70. The summed E-state index contributed by atoms with van der Waals surface area (Å²) in [6.45, 7) is 1.96. The number of rotatable bonds is 9. The van der Waals surface area contributed by atoms with Crippen molar-refractivity contribution in [3.63, 3.8) is 0 Å². The predicted octanol–water partition coefficient (Wildman–Crippen LogP) is 4.41. The van der Waals surface area contributed by atoms with Crippen LogP contribution in [0.3, 0.4) is 0 Å². The molecular weight excluding hydrogens is 446 g/mol. The zero-order valence-corrected chi connectivity index (χ0v) is 20.3. The second-order valence-electron chi connectivity index (χ2n) is 10.6. The molecule has 7 nitrogen and oxygen atoms in total. The molecule has 1 aromatic carbocycles. The van der Waals surface area contributed by atoms with E-state index in [1.54, 1.807) is 11.9 Å².